The zero-order valence-corrected chi connectivity index (χ0v) is 14.4. The molecule has 0 aliphatic heterocycles. The van der Waals surface area contributed by atoms with E-state index in [1.807, 2.05) is 18.5 Å². The fraction of sp³-hybridized carbons (Fsp3) is 0.533. The lowest BCUT2D eigenvalue weighted by Gasteiger charge is -2.17. The maximum Gasteiger partial charge on any atom is 0.309 e. The molecule has 2 aromatic heterocycles. The minimum Gasteiger partial charge on any atom is -0.341 e. The van der Waals surface area contributed by atoms with Gasteiger partial charge in [-0.25, -0.2) is 0 Å². The number of aromatic nitrogens is 4. The van der Waals surface area contributed by atoms with Crippen molar-refractivity contribution in [3.8, 4) is 0 Å². The van der Waals surface area contributed by atoms with Crippen molar-refractivity contribution in [1.82, 2.24) is 24.5 Å². The summed E-state index contributed by atoms with van der Waals surface area (Å²) >= 11 is 0. The van der Waals surface area contributed by atoms with Crippen molar-refractivity contribution >= 4 is 11.6 Å². The Hall–Kier alpha value is -2.71. The second-order valence-electron chi connectivity index (χ2n) is 5.69. The first-order valence-electron chi connectivity index (χ1n) is 7.77. The lowest BCUT2D eigenvalue weighted by atomic mass is 10.2. The number of carbonyl (C=O) groups excluding carboxylic acids is 1. The standard InChI is InChI=1S/C15H22N6O3/c1-5-20-12(3)13(8-16-20)9-18(4)15(22)6-7-19-10-14(21(23)24)11(2)17-19/h8,10H,5-7,9H2,1-4H3. The first kappa shape index (κ1) is 17.6. The van der Waals surface area contributed by atoms with Gasteiger partial charge in [0.2, 0.25) is 5.91 Å². The van der Waals surface area contributed by atoms with Crippen molar-refractivity contribution in [2.24, 2.45) is 0 Å². The molecule has 9 heteroatoms. The number of nitrogens with zero attached hydrogens (tertiary/aromatic N) is 6. The number of nitro groups is 1. The molecule has 24 heavy (non-hydrogen) atoms. The molecule has 0 N–H and O–H groups in total. The zero-order valence-electron chi connectivity index (χ0n) is 14.4. The van der Waals surface area contributed by atoms with Crippen molar-refractivity contribution in [3.63, 3.8) is 0 Å². The summed E-state index contributed by atoms with van der Waals surface area (Å²) in [7, 11) is 1.74. The summed E-state index contributed by atoms with van der Waals surface area (Å²) in [6, 6.07) is 0. The molecule has 0 unspecified atom stereocenters. The number of hydrogen-bond donors (Lipinski definition) is 0. The Morgan fingerprint density at radius 1 is 1.42 bits per heavy atom. The molecule has 0 saturated carbocycles. The minimum atomic E-state index is -0.471. The molecule has 2 heterocycles. The highest BCUT2D eigenvalue weighted by molar-refractivity contribution is 5.75. The van der Waals surface area contributed by atoms with Crippen LogP contribution < -0.4 is 0 Å². The van der Waals surface area contributed by atoms with Gasteiger partial charge in [0.15, 0.2) is 0 Å². The SMILES string of the molecule is CCn1ncc(CN(C)C(=O)CCn2cc([N+](=O)[O-])c(C)n2)c1C. The van der Waals surface area contributed by atoms with E-state index in [9.17, 15) is 14.9 Å². The van der Waals surface area contributed by atoms with Crippen LogP contribution in [-0.2, 0) is 24.4 Å². The Morgan fingerprint density at radius 2 is 2.12 bits per heavy atom. The lowest BCUT2D eigenvalue weighted by molar-refractivity contribution is -0.385. The number of hydrogen-bond acceptors (Lipinski definition) is 5. The molecule has 0 spiro atoms. The van der Waals surface area contributed by atoms with Crippen molar-refractivity contribution in [2.75, 3.05) is 7.05 Å². The highest BCUT2D eigenvalue weighted by Gasteiger charge is 2.17. The van der Waals surface area contributed by atoms with Crippen LogP contribution in [0.4, 0.5) is 5.69 Å². The largest absolute Gasteiger partial charge is 0.341 e. The summed E-state index contributed by atoms with van der Waals surface area (Å²) in [5.74, 6) is -0.0468. The molecule has 0 aromatic carbocycles. The van der Waals surface area contributed by atoms with Gasteiger partial charge in [0.1, 0.15) is 11.9 Å². The zero-order chi connectivity index (χ0) is 17.9. The molecular formula is C15H22N6O3. The second-order valence-corrected chi connectivity index (χ2v) is 5.69. The Labute approximate surface area is 140 Å². The van der Waals surface area contributed by atoms with E-state index in [2.05, 4.69) is 10.2 Å². The van der Waals surface area contributed by atoms with Crippen molar-refractivity contribution in [2.45, 2.75) is 46.8 Å². The van der Waals surface area contributed by atoms with Gasteiger partial charge >= 0.3 is 5.69 Å². The molecule has 130 valence electrons. The predicted molar refractivity (Wildman–Crippen MR) is 87.3 cm³/mol. The molecular weight excluding hydrogens is 312 g/mol. The van der Waals surface area contributed by atoms with Crippen LogP contribution in [0.3, 0.4) is 0 Å². The smallest absolute Gasteiger partial charge is 0.309 e. The fourth-order valence-electron chi connectivity index (χ4n) is 2.51. The highest BCUT2D eigenvalue weighted by atomic mass is 16.6. The highest BCUT2D eigenvalue weighted by Crippen LogP contribution is 2.15. The normalized spacial score (nSPS) is 10.8. The molecule has 0 bridgehead atoms. The second kappa shape index (κ2) is 7.24. The van der Waals surface area contributed by atoms with E-state index in [1.54, 1.807) is 25.1 Å². The minimum absolute atomic E-state index is 0.0293. The Kier molecular flexibility index (Phi) is 5.32. The van der Waals surface area contributed by atoms with Gasteiger partial charge in [0.25, 0.3) is 0 Å². The van der Waals surface area contributed by atoms with Crippen LogP contribution in [0.5, 0.6) is 0 Å². The third-order valence-electron chi connectivity index (χ3n) is 4.01. The van der Waals surface area contributed by atoms with E-state index in [1.165, 1.54) is 10.9 Å². The maximum atomic E-state index is 12.3. The molecule has 9 nitrogen and oxygen atoms in total. The summed E-state index contributed by atoms with van der Waals surface area (Å²) < 4.78 is 3.33. The third-order valence-corrected chi connectivity index (χ3v) is 4.01. The Balaban J connectivity index is 1.93. The van der Waals surface area contributed by atoms with Gasteiger partial charge in [-0.3, -0.25) is 24.3 Å². The summed E-state index contributed by atoms with van der Waals surface area (Å²) in [6.45, 7) is 7.17. The number of aryl methyl sites for hydroxylation is 3. The third kappa shape index (κ3) is 3.79. The van der Waals surface area contributed by atoms with Gasteiger partial charge in [0.05, 0.1) is 11.1 Å². The summed E-state index contributed by atoms with van der Waals surface area (Å²) in [5.41, 5.74) is 2.38. The molecule has 0 atom stereocenters. The van der Waals surface area contributed by atoms with Gasteiger partial charge < -0.3 is 4.90 Å². The number of carbonyl (C=O) groups is 1. The first-order chi connectivity index (χ1) is 11.3. The van der Waals surface area contributed by atoms with E-state index in [0.717, 1.165) is 17.8 Å². The van der Waals surface area contributed by atoms with Crippen LogP contribution >= 0.6 is 0 Å². The van der Waals surface area contributed by atoms with E-state index < -0.39 is 4.92 Å². The van der Waals surface area contributed by atoms with Gasteiger partial charge in [-0.05, 0) is 20.8 Å². The monoisotopic (exact) mass is 334 g/mol. The van der Waals surface area contributed by atoms with Gasteiger partial charge in [-0.1, -0.05) is 0 Å². The molecule has 0 fully saturated rings. The average Bonchev–Trinajstić information content (AvgIpc) is 3.08. The van der Waals surface area contributed by atoms with Crippen LogP contribution in [0.25, 0.3) is 0 Å². The average molecular weight is 334 g/mol. The van der Waals surface area contributed by atoms with Crippen molar-refractivity contribution < 1.29 is 9.72 Å². The van der Waals surface area contributed by atoms with E-state index in [0.29, 0.717) is 18.8 Å². The quantitative estimate of drug-likeness (QED) is 0.566. The molecule has 2 rings (SSSR count). The molecule has 0 radical (unpaired) electrons. The summed E-state index contributed by atoms with van der Waals surface area (Å²) in [4.78, 5) is 24.2. The number of rotatable bonds is 7. The predicted octanol–water partition coefficient (Wildman–Crippen LogP) is 1.67. The van der Waals surface area contributed by atoms with E-state index >= 15 is 0 Å². The maximum absolute atomic E-state index is 12.3. The van der Waals surface area contributed by atoms with Crippen LogP contribution in [-0.4, -0.2) is 42.3 Å². The van der Waals surface area contributed by atoms with E-state index in [4.69, 9.17) is 0 Å². The van der Waals surface area contributed by atoms with Crippen LogP contribution in [0.2, 0.25) is 0 Å². The topological polar surface area (TPSA) is 99.1 Å². The van der Waals surface area contributed by atoms with Crippen molar-refractivity contribution in [3.05, 3.63) is 39.5 Å². The Morgan fingerprint density at radius 3 is 2.67 bits per heavy atom. The van der Waals surface area contributed by atoms with Gasteiger partial charge in [-0.2, -0.15) is 10.2 Å². The lowest BCUT2D eigenvalue weighted by Crippen LogP contribution is -2.27. The molecule has 0 aliphatic rings. The number of amides is 1. The van der Waals surface area contributed by atoms with Crippen LogP contribution in [0.1, 0.15) is 30.3 Å². The first-order valence-corrected chi connectivity index (χ1v) is 7.77. The molecule has 0 aliphatic carbocycles. The van der Waals surface area contributed by atoms with Crippen LogP contribution in [0, 0.1) is 24.0 Å². The summed E-state index contributed by atoms with van der Waals surface area (Å²) in [6.07, 6.45) is 3.37. The van der Waals surface area contributed by atoms with Gasteiger partial charge in [0, 0.05) is 44.4 Å². The molecule has 1 amide bonds. The van der Waals surface area contributed by atoms with Crippen LogP contribution in [0.15, 0.2) is 12.4 Å². The van der Waals surface area contributed by atoms with E-state index in [-0.39, 0.29) is 18.0 Å². The van der Waals surface area contributed by atoms with Crippen molar-refractivity contribution in [1.29, 1.82) is 0 Å². The molecule has 2 aromatic rings. The fourth-order valence-corrected chi connectivity index (χ4v) is 2.51. The molecule has 0 saturated heterocycles. The van der Waals surface area contributed by atoms with Gasteiger partial charge in [-0.15, -0.1) is 0 Å². The summed E-state index contributed by atoms with van der Waals surface area (Å²) in [5, 5.41) is 19.1. The Bertz CT molecular complexity index is 748.